The van der Waals surface area contributed by atoms with Crippen molar-refractivity contribution in [2.24, 2.45) is 0 Å². The van der Waals surface area contributed by atoms with Crippen molar-refractivity contribution in [2.45, 2.75) is 38.4 Å². The van der Waals surface area contributed by atoms with Crippen molar-refractivity contribution in [3.05, 3.63) is 34.6 Å². The molecule has 0 radical (unpaired) electrons. The minimum absolute atomic E-state index is 0.0826. The maximum Gasteiger partial charge on any atom is 0.145 e. The second-order valence-electron chi connectivity index (χ2n) is 4.05. The van der Waals surface area contributed by atoms with E-state index in [0.717, 1.165) is 12.8 Å². The van der Waals surface area contributed by atoms with Crippen LogP contribution < -0.4 is 0 Å². The van der Waals surface area contributed by atoms with Crippen LogP contribution in [0.25, 0.3) is 0 Å². The number of rotatable bonds is 6. The SMILES string of the molecule is CCCC(OC)C(O)Cc1cccc(Cl)c1F. The topological polar surface area (TPSA) is 29.5 Å². The Labute approximate surface area is 106 Å². The van der Waals surface area contributed by atoms with Crippen molar-refractivity contribution in [1.29, 1.82) is 0 Å². The number of halogens is 2. The molecular formula is C13H18ClFO2. The fraction of sp³-hybridized carbons (Fsp3) is 0.538. The second-order valence-corrected chi connectivity index (χ2v) is 4.45. The highest BCUT2D eigenvalue weighted by Crippen LogP contribution is 2.20. The van der Waals surface area contributed by atoms with E-state index in [2.05, 4.69) is 0 Å². The van der Waals surface area contributed by atoms with E-state index in [1.807, 2.05) is 6.92 Å². The zero-order valence-corrected chi connectivity index (χ0v) is 10.9. The Morgan fingerprint density at radius 2 is 2.18 bits per heavy atom. The summed E-state index contributed by atoms with van der Waals surface area (Å²) in [6, 6.07) is 4.80. The number of aliphatic hydroxyl groups excluding tert-OH is 1. The molecule has 1 aromatic carbocycles. The monoisotopic (exact) mass is 260 g/mol. The Hall–Kier alpha value is -0.640. The number of benzene rings is 1. The highest BCUT2D eigenvalue weighted by Gasteiger charge is 2.20. The quantitative estimate of drug-likeness (QED) is 0.851. The van der Waals surface area contributed by atoms with E-state index in [0.29, 0.717) is 5.56 Å². The Bertz CT molecular complexity index is 357. The molecule has 1 rings (SSSR count). The van der Waals surface area contributed by atoms with Crippen LogP contribution in [0.5, 0.6) is 0 Å². The van der Waals surface area contributed by atoms with Crippen LogP contribution >= 0.6 is 11.6 Å². The number of ether oxygens (including phenoxy) is 1. The molecule has 0 bridgehead atoms. The van der Waals surface area contributed by atoms with Gasteiger partial charge in [0.2, 0.25) is 0 Å². The van der Waals surface area contributed by atoms with Crippen LogP contribution in [-0.2, 0) is 11.2 Å². The molecule has 17 heavy (non-hydrogen) atoms. The van der Waals surface area contributed by atoms with Gasteiger partial charge < -0.3 is 9.84 Å². The standard InChI is InChI=1S/C13H18ClFO2/c1-3-5-12(17-2)11(16)8-9-6-4-7-10(14)13(9)15/h4,6-7,11-12,16H,3,5,8H2,1-2H3. The van der Waals surface area contributed by atoms with Gasteiger partial charge in [-0.15, -0.1) is 0 Å². The first kappa shape index (κ1) is 14.4. The lowest BCUT2D eigenvalue weighted by Crippen LogP contribution is -2.30. The van der Waals surface area contributed by atoms with Gasteiger partial charge in [0.05, 0.1) is 17.2 Å². The molecule has 0 aliphatic carbocycles. The van der Waals surface area contributed by atoms with Gasteiger partial charge in [0.25, 0.3) is 0 Å². The Morgan fingerprint density at radius 3 is 2.76 bits per heavy atom. The molecule has 0 fully saturated rings. The van der Waals surface area contributed by atoms with E-state index < -0.39 is 11.9 Å². The largest absolute Gasteiger partial charge is 0.390 e. The molecule has 2 nitrogen and oxygen atoms in total. The highest BCUT2D eigenvalue weighted by atomic mass is 35.5. The van der Waals surface area contributed by atoms with E-state index in [1.165, 1.54) is 6.07 Å². The Morgan fingerprint density at radius 1 is 1.47 bits per heavy atom. The molecular weight excluding hydrogens is 243 g/mol. The van der Waals surface area contributed by atoms with Gasteiger partial charge >= 0.3 is 0 Å². The lowest BCUT2D eigenvalue weighted by molar-refractivity contribution is -0.0162. The van der Waals surface area contributed by atoms with Crippen LogP contribution in [0.15, 0.2) is 18.2 Å². The smallest absolute Gasteiger partial charge is 0.145 e. The molecule has 2 unspecified atom stereocenters. The van der Waals surface area contributed by atoms with Gasteiger partial charge in [-0.3, -0.25) is 0 Å². The molecule has 0 saturated heterocycles. The molecule has 1 aromatic rings. The maximum atomic E-state index is 13.6. The van der Waals surface area contributed by atoms with Crippen molar-refractivity contribution in [3.63, 3.8) is 0 Å². The molecule has 0 heterocycles. The molecule has 2 atom stereocenters. The zero-order valence-electron chi connectivity index (χ0n) is 10.1. The fourth-order valence-corrected chi connectivity index (χ4v) is 2.01. The summed E-state index contributed by atoms with van der Waals surface area (Å²) in [5.41, 5.74) is 0.420. The molecule has 0 saturated carbocycles. The van der Waals surface area contributed by atoms with Crippen LogP contribution in [0.1, 0.15) is 25.3 Å². The molecule has 0 aliphatic rings. The third kappa shape index (κ3) is 3.95. The molecule has 4 heteroatoms. The maximum absolute atomic E-state index is 13.6. The third-order valence-electron chi connectivity index (χ3n) is 2.77. The minimum Gasteiger partial charge on any atom is -0.390 e. The van der Waals surface area contributed by atoms with Gasteiger partial charge in [-0.05, 0) is 18.1 Å². The predicted octanol–water partition coefficient (Wildman–Crippen LogP) is 3.20. The molecule has 96 valence electrons. The van der Waals surface area contributed by atoms with E-state index in [1.54, 1.807) is 19.2 Å². The molecule has 0 aromatic heterocycles. The van der Waals surface area contributed by atoms with Crippen LogP contribution in [0.4, 0.5) is 4.39 Å². The van der Waals surface area contributed by atoms with Gasteiger partial charge in [0.1, 0.15) is 5.82 Å². The van der Waals surface area contributed by atoms with Crippen LogP contribution in [0.3, 0.4) is 0 Å². The van der Waals surface area contributed by atoms with Crippen molar-refractivity contribution in [1.82, 2.24) is 0 Å². The molecule has 1 N–H and O–H groups in total. The van der Waals surface area contributed by atoms with Gasteiger partial charge in [0, 0.05) is 13.5 Å². The van der Waals surface area contributed by atoms with Crippen LogP contribution in [0, 0.1) is 5.82 Å². The first-order valence-electron chi connectivity index (χ1n) is 5.73. The predicted molar refractivity (Wildman–Crippen MR) is 66.8 cm³/mol. The normalized spacial score (nSPS) is 14.6. The van der Waals surface area contributed by atoms with Crippen molar-refractivity contribution in [2.75, 3.05) is 7.11 Å². The summed E-state index contributed by atoms with van der Waals surface area (Å²) in [4.78, 5) is 0. The van der Waals surface area contributed by atoms with E-state index in [4.69, 9.17) is 16.3 Å². The summed E-state index contributed by atoms with van der Waals surface area (Å²) < 4.78 is 18.8. The number of hydrogen-bond acceptors (Lipinski definition) is 2. The number of hydrogen-bond donors (Lipinski definition) is 1. The summed E-state index contributed by atoms with van der Waals surface area (Å²) in [7, 11) is 1.55. The Balaban J connectivity index is 2.72. The summed E-state index contributed by atoms with van der Waals surface area (Å²) >= 11 is 5.68. The van der Waals surface area contributed by atoms with Gasteiger partial charge in [-0.2, -0.15) is 0 Å². The molecule has 0 spiro atoms. The van der Waals surface area contributed by atoms with Crippen LogP contribution in [0.2, 0.25) is 5.02 Å². The summed E-state index contributed by atoms with van der Waals surface area (Å²) in [6.07, 6.45) is 0.893. The van der Waals surface area contributed by atoms with E-state index >= 15 is 0 Å². The van der Waals surface area contributed by atoms with Gasteiger partial charge in [0.15, 0.2) is 0 Å². The summed E-state index contributed by atoms with van der Waals surface area (Å²) in [6.45, 7) is 2.01. The second kappa shape index (κ2) is 6.94. The van der Waals surface area contributed by atoms with Crippen LogP contribution in [-0.4, -0.2) is 24.4 Å². The van der Waals surface area contributed by atoms with Crippen molar-refractivity contribution < 1.29 is 14.2 Å². The molecule has 0 aliphatic heterocycles. The number of aliphatic hydroxyl groups is 1. The lowest BCUT2D eigenvalue weighted by Gasteiger charge is -2.21. The minimum atomic E-state index is -0.715. The Kier molecular flexibility index (Phi) is 5.89. The highest BCUT2D eigenvalue weighted by molar-refractivity contribution is 6.30. The first-order chi connectivity index (χ1) is 8.10. The lowest BCUT2D eigenvalue weighted by atomic mass is 10.0. The van der Waals surface area contributed by atoms with Crippen molar-refractivity contribution in [3.8, 4) is 0 Å². The first-order valence-corrected chi connectivity index (χ1v) is 6.11. The summed E-state index contributed by atoms with van der Waals surface area (Å²) in [5.74, 6) is -0.459. The third-order valence-corrected chi connectivity index (χ3v) is 3.06. The van der Waals surface area contributed by atoms with Gasteiger partial charge in [-0.25, -0.2) is 4.39 Å². The van der Waals surface area contributed by atoms with Gasteiger partial charge in [-0.1, -0.05) is 37.1 Å². The number of methoxy groups -OCH3 is 1. The van der Waals surface area contributed by atoms with E-state index in [9.17, 15) is 9.50 Å². The molecule has 0 amide bonds. The average Bonchev–Trinajstić information content (AvgIpc) is 2.31. The fourth-order valence-electron chi connectivity index (χ4n) is 1.81. The van der Waals surface area contributed by atoms with Crippen molar-refractivity contribution >= 4 is 11.6 Å². The summed E-state index contributed by atoms with van der Waals surface area (Å²) in [5, 5.41) is 10.1. The zero-order chi connectivity index (χ0) is 12.8. The van der Waals surface area contributed by atoms with E-state index in [-0.39, 0.29) is 17.5 Å². The average molecular weight is 261 g/mol.